The van der Waals surface area contributed by atoms with Crippen molar-refractivity contribution >= 4 is 11.9 Å². The van der Waals surface area contributed by atoms with Gasteiger partial charge in [-0.3, -0.25) is 9.59 Å². The zero-order valence-electron chi connectivity index (χ0n) is 9.20. The van der Waals surface area contributed by atoms with Crippen molar-refractivity contribution < 1.29 is 19.4 Å². The molecule has 1 atom stereocenters. The molecule has 1 rings (SSSR count). The van der Waals surface area contributed by atoms with E-state index in [0.717, 1.165) is 6.54 Å². The number of hydrogen-bond donors (Lipinski definition) is 3. The molecule has 0 aromatic rings. The second-order valence-electron chi connectivity index (χ2n) is 3.71. The largest absolute Gasteiger partial charge is 0.481 e. The minimum Gasteiger partial charge on any atom is -0.481 e. The molecule has 0 aromatic heterocycles. The lowest BCUT2D eigenvalue weighted by Gasteiger charge is -2.22. The van der Waals surface area contributed by atoms with E-state index in [0.29, 0.717) is 32.5 Å². The third-order valence-electron chi connectivity index (χ3n) is 2.34. The lowest BCUT2D eigenvalue weighted by Crippen LogP contribution is -2.48. The van der Waals surface area contributed by atoms with Gasteiger partial charge in [0.1, 0.15) is 6.10 Å². The van der Waals surface area contributed by atoms with Crippen LogP contribution in [-0.2, 0) is 14.3 Å². The van der Waals surface area contributed by atoms with Crippen molar-refractivity contribution in [1.82, 2.24) is 10.6 Å². The Morgan fingerprint density at radius 3 is 2.88 bits per heavy atom. The number of unbranched alkanes of at least 4 members (excludes halogenated alkanes) is 1. The van der Waals surface area contributed by atoms with Gasteiger partial charge in [-0.25, -0.2) is 0 Å². The molecular formula is C10H18N2O4. The third kappa shape index (κ3) is 5.09. The Kier molecular flexibility index (Phi) is 5.81. The highest BCUT2D eigenvalue weighted by Crippen LogP contribution is 1.97. The fraction of sp³-hybridized carbons (Fsp3) is 0.800. The summed E-state index contributed by atoms with van der Waals surface area (Å²) in [5, 5.41) is 14.2. The second kappa shape index (κ2) is 7.19. The van der Waals surface area contributed by atoms with Crippen molar-refractivity contribution in [3.8, 4) is 0 Å². The van der Waals surface area contributed by atoms with Gasteiger partial charge in [0, 0.05) is 26.1 Å². The van der Waals surface area contributed by atoms with E-state index in [9.17, 15) is 9.59 Å². The monoisotopic (exact) mass is 230 g/mol. The maximum atomic E-state index is 11.5. The van der Waals surface area contributed by atoms with Gasteiger partial charge in [-0.1, -0.05) is 0 Å². The SMILES string of the molecule is O=C(O)CCCCNC(=O)C1CNCCO1. The lowest BCUT2D eigenvalue weighted by molar-refractivity contribution is -0.137. The van der Waals surface area contributed by atoms with Gasteiger partial charge in [-0.05, 0) is 12.8 Å². The molecule has 1 heterocycles. The smallest absolute Gasteiger partial charge is 0.303 e. The van der Waals surface area contributed by atoms with Crippen molar-refractivity contribution in [3.05, 3.63) is 0 Å². The molecule has 6 nitrogen and oxygen atoms in total. The molecule has 92 valence electrons. The first-order valence-electron chi connectivity index (χ1n) is 5.52. The molecule has 0 spiro atoms. The number of morpholine rings is 1. The number of carboxylic acid groups (broad SMARTS) is 1. The number of aliphatic carboxylic acids is 1. The molecule has 6 heteroatoms. The average molecular weight is 230 g/mol. The van der Waals surface area contributed by atoms with E-state index in [2.05, 4.69) is 10.6 Å². The van der Waals surface area contributed by atoms with Gasteiger partial charge >= 0.3 is 5.97 Å². The standard InChI is InChI=1S/C10H18N2O4/c13-9(14)3-1-2-4-12-10(15)8-7-11-5-6-16-8/h8,11H,1-7H2,(H,12,15)(H,13,14). The van der Waals surface area contributed by atoms with Gasteiger partial charge in [0.2, 0.25) is 5.91 Å². The number of hydrogen-bond acceptors (Lipinski definition) is 4. The van der Waals surface area contributed by atoms with Gasteiger partial charge in [0.05, 0.1) is 6.61 Å². The van der Waals surface area contributed by atoms with Gasteiger partial charge in [-0.15, -0.1) is 0 Å². The van der Waals surface area contributed by atoms with Crippen LogP contribution in [0.25, 0.3) is 0 Å². The first-order valence-corrected chi connectivity index (χ1v) is 5.52. The Bertz CT molecular complexity index is 239. The summed E-state index contributed by atoms with van der Waals surface area (Å²) < 4.78 is 5.27. The number of ether oxygens (including phenoxy) is 1. The summed E-state index contributed by atoms with van der Waals surface area (Å²) in [4.78, 5) is 21.7. The number of carbonyl (C=O) groups is 2. The lowest BCUT2D eigenvalue weighted by atomic mass is 10.2. The van der Waals surface area contributed by atoms with E-state index in [1.807, 2.05) is 0 Å². The molecule has 0 aromatic carbocycles. The maximum absolute atomic E-state index is 11.5. The van der Waals surface area contributed by atoms with Crippen molar-refractivity contribution in [1.29, 1.82) is 0 Å². The molecule has 1 amide bonds. The fourth-order valence-electron chi connectivity index (χ4n) is 1.46. The molecule has 1 aliphatic rings. The summed E-state index contributed by atoms with van der Waals surface area (Å²) in [7, 11) is 0. The van der Waals surface area contributed by atoms with Crippen molar-refractivity contribution in [2.24, 2.45) is 0 Å². The van der Waals surface area contributed by atoms with Crippen LogP contribution in [0.2, 0.25) is 0 Å². The highest BCUT2D eigenvalue weighted by molar-refractivity contribution is 5.81. The summed E-state index contributed by atoms with van der Waals surface area (Å²) in [6, 6.07) is 0. The average Bonchev–Trinajstić information content (AvgIpc) is 2.29. The third-order valence-corrected chi connectivity index (χ3v) is 2.34. The Morgan fingerprint density at radius 2 is 2.25 bits per heavy atom. The Labute approximate surface area is 94.3 Å². The molecule has 1 unspecified atom stereocenters. The summed E-state index contributed by atoms with van der Waals surface area (Å²) in [6.07, 6.45) is 1.00. The summed E-state index contributed by atoms with van der Waals surface area (Å²) >= 11 is 0. The molecule has 0 aliphatic carbocycles. The number of carbonyl (C=O) groups excluding carboxylic acids is 1. The first-order chi connectivity index (χ1) is 7.70. The quantitative estimate of drug-likeness (QED) is 0.528. The molecular weight excluding hydrogens is 212 g/mol. The predicted molar refractivity (Wildman–Crippen MR) is 57.1 cm³/mol. The van der Waals surface area contributed by atoms with Crippen LogP contribution >= 0.6 is 0 Å². The van der Waals surface area contributed by atoms with Crippen LogP contribution in [0, 0.1) is 0 Å². The summed E-state index contributed by atoms with van der Waals surface area (Å²) in [6.45, 7) is 2.38. The molecule has 1 fully saturated rings. The fourth-order valence-corrected chi connectivity index (χ4v) is 1.46. The second-order valence-corrected chi connectivity index (χ2v) is 3.71. The van der Waals surface area contributed by atoms with E-state index in [-0.39, 0.29) is 12.3 Å². The zero-order chi connectivity index (χ0) is 11.8. The topological polar surface area (TPSA) is 87.7 Å². The van der Waals surface area contributed by atoms with Gasteiger partial charge in [-0.2, -0.15) is 0 Å². The van der Waals surface area contributed by atoms with Crippen LogP contribution < -0.4 is 10.6 Å². The number of carboxylic acids is 1. The van der Waals surface area contributed by atoms with Gasteiger partial charge in [0.25, 0.3) is 0 Å². The van der Waals surface area contributed by atoms with E-state index < -0.39 is 12.1 Å². The van der Waals surface area contributed by atoms with Crippen LogP contribution in [0.15, 0.2) is 0 Å². The van der Waals surface area contributed by atoms with Gasteiger partial charge in [0.15, 0.2) is 0 Å². The van der Waals surface area contributed by atoms with E-state index in [1.54, 1.807) is 0 Å². The normalized spacial score (nSPS) is 20.4. The number of amides is 1. The Balaban J connectivity index is 2.03. The summed E-state index contributed by atoms with van der Waals surface area (Å²) in [5.74, 6) is -0.923. The van der Waals surface area contributed by atoms with E-state index in [4.69, 9.17) is 9.84 Å². The minimum absolute atomic E-state index is 0.123. The molecule has 16 heavy (non-hydrogen) atoms. The molecule has 0 bridgehead atoms. The van der Waals surface area contributed by atoms with Crippen LogP contribution in [-0.4, -0.2) is 49.3 Å². The summed E-state index contributed by atoms with van der Waals surface area (Å²) in [5.41, 5.74) is 0. The number of nitrogens with one attached hydrogen (secondary N) is 2. The Hall–Kier alpha value is -1.14. The van der Waals surface area contributed by atoms with Crippen molar-refractivity contribution in [2.45, 2.75) is 25.4 Å². The van der Waals surface area contributed by atoms with Crippen LogP contribution in [0.1, 0.15) is 19.3 Å². The van der Waals surface area contributed by atoms with Crippen molar-refractivity contribution in [2.75, 3.05) is 26.2 Å². The molecule has 3 N–H and O–H groups in total. The molecule has 0 radical (unpaired) electrons. The van der Waals surface area contributed by atoms with Crippen molar-refractivity contribution in [3.63, 3.8) is 0 Å². The highest BCUT2D eigenvalue weighted by atomic mass is 16.5. The molecule has 1 saturated heterocycles. The first kappa shape index (κ1) is 12.9. The molecule has 1 aliphatic heterocycles. The van der Waals surface area contributed by atoms with Crippen LogP contribution in [0.5, 0.6) is 0 Å². The Morgan fingerprint density at radius 1 is 1.44 bits per heavy atom. The van der Waals surface area contributed by atoms with Crippen LogP contribution in [0.4, 0.5) is 0 Å². The molecule has 0 saturated carbocycles. The van der Waals surface area contributed by atoms with E-state index in [1.165, 1.54) is 0 Å². The predicted octanol–water partition coefficient (Wildman–Crippen LogP) is -0.654. The number of rotatable bonds is 6. The zero-order valence-corrected chi connectivity index (χ0v) is 9.20. The minimum atomic E-state index is -0.800. The van der Waals surface area contributed by atoms with E-state index >= 15 is 0 Å². The van der Waals surface area contributed by atoms with Gasteiger partial charge < -0.3 is 20.5 Å². The highest BCUT2D eigenvalue weighted by Gasteiger charge is 2.20. The van der Waals surface area contributed by atoms with Crippen LogP contribution in [0.3, 0.4) is 0 Å². The maximum Gasteiger partial charge on any atom is 0.303 e.